The lowest BCUT2D eigenvalue weighted by Gasteiger charge is -2.51. The smallest absolute Gasteiger partial charge is 0.407 e. The van der Waals surface area contributed by atoms with Gasteiger partial charge >= 0.3 is 6.09 Å². The number of hydrogen-bond acceptors (Lipinski definition) is 3. The van der Waals surface area contributed by atoms with E-state index in [4.69, 9.17) is 4.74 Å². The number of fused-ring (bicyclic) bond motifs is 4. The largest absolute Gasteiger partial charge is 0.465 e. The van der Waals surface area contributed by atoms with E-state index in [-0.39, 0.29) is 11.6 Å². The Kier molecular flexibility index (Phi) is 3.46. The number of amides is 1. The first kappa shape index (κ1) is 14.5. The standard InChI is InChI=1S/C17H23NO3S/c1-11-10-17(7-8-18(11)16(19)20)15-13(6-9-22-15)12-4-2-3-5-14(12)21-17/h6,9,11-12,14H,2-5,7-8,10H2,1H3,(H,19,20)/t11-,12?,14?,17?/m0/s1. The van der Waals surface area contributed by atoms with Crippen molar-refractivity contribution in [2.45, 2.75) is 69.1 Å². The maximum atomic E-state index is 11.3. The molecule has 1 spiro atoms. The predicted octanol–water partition coefficient (Wildman–Crippen LogP) is 4.16. The molecule has 1 saturated heterocycles. The molecular weight excluding hydrogens is 298 g/mol. The first-order valence-corrected chi connectivity index (χ1v) is 9.24. The molecule has 4 rings (SSSR count). The first-order valence-electron chi connectivity index (χ1n) is 8.36. The van der Waals surface area contributed by atoms with E-state index in [2.05, 4.69) is 11.4 Å². The summed E-state index contributed by atoms with van der Waals surface area (Å²) in [5.41, 5.74) is 1.25. The Bertz CT molecular complexity index is 586. The molecule has 0 aromatic carbocycles. The van der Waals surface area contributed by atoms with Crippen molar-refractivity contribution in [3.63, 3.8) is 0 Å². The van der Waals surface area contributed by atoms with Gasteiger partial charge in [-0.1, -0.05) is 12.8 Å². The molecule has 3 aliphatic rings. The van der Waals surface area contributed by atoms with E-state index in [1.807, 2.05) is 18.3 Å². The summed E-state index contributed by atoms with van der Waals surface area (Å²) >= 11 is 1.81. The molecule has 3 unspecified atom stereocenters. The lowest BCUT2D eigenvalue weighted by atomic mass is 9.73. The number of carboxylic acid groups (broad SMARTS) is 1. The van der Waals surface area contributed by atoms with Gasteiger partial charge in [-0.05, 0) is 43.2 Å². The highest BCUT2D eigenvalue weighted by Crippen LogP contribution is 2.53. The zero-order valence-corrected chi connectivity index (χ0v) is 13.8. The summed E-state index contributed by atoms with van der Waals surface area (Å²) in [5.74, 6) is 0.563. The van der Waals surface area contributed by atoms with Crippen LogP contribution in [0, 0.1) is 0 Å². The minimum absolute atomic E-state index is 0.0151. The van der Waals surface area contributed by atoms with Crippen LogP contribution >= 0.6 is 11.3 Å². The topological polar surface area (TPSA) is 49.8 Å². The fourth-order valence-electron chi connectivity index (χ4n) is 4.73. The summed E-state index contributed by atoms with van der Waals surface area (Å²) in [6.07, 6.45) is 6.06. The van der Waals surface area contributed by atoms with Crippen molar-refractivity contribution in [1.82, 2.24) is 4.90 Å². The van der Waals surface area contributed by atoms with Crippen molar-refractivity contribution >= 4 is 17.4 Å². The van der Waals surface area contributed by atoms with Gasteiger partial charge < -0.3 is 14.7 Å². The molecule has 2 aliphatic heterocycles. The summed E-state index contributed by atoms with van der Waals surface area (Å²) in [5, 5.41) is 11.5. The Morgan fingerprint density at radius 1 is 1.45 bits per heavy atom. The van der Waals surface area contributed by atoms with E-state index in [1.54, 1.807) is 4.90 Å². The Labute approximate surface area is 135 Å². The number of ether oxygens (including phenoxy) is 1. The molecule has 120 valence electrons. The molecule has 1 aromatic rings. The summed E-state index contributed by atoms with van der Waals surface area (Å²) in [6, 6.07) is 2.31. The number of carbonyl (C=O) groups is 1. The summed E-state index contributed by atoms with van der Waals surface area (Å²) < 4.78 is 6.69. The van der Waals surface area contributed by atoms with Gasteiger partial charge in [0.1, 0.15) is 5.60 Å². The average molecular weight is 321 g/mol. The second kappa shape index (κ2) is 5.24. The Morgan fingerprint density at radius 3 is 3.05 bits per heavy atom. The fourth-order valence-corrected chi connectivity index (χ4v) is 5.88. The third kappa shape index (κ3) is 2.09. The van der Waals surface area contributed by atoms with Gasteiger partial charge in [-0.2, -0.15) is 0 Å². The first-order chi connectivity index (χ1) is 10.6. The van der Waals surface area contributed by atoms with Crippen molar-refractivity contribution < 1.29 is 14.6 Å². The Balaban J connectivity index is 1.69. The minimum atomic E-state index is -0.805. The minimum Gasteiger partial charge on any atom is -0.465 e. The lowest BCUT2D eigenvalue weighted by molar-refractivity contribution is -0.160. The van der Waals surface area contributed by atoms with Gasteiger partial charge in [0.15, 0.2) is 0 Å². The summed E-state index contributed by atoms with van der Waals surface area (Å²) in [7, 11) is 0. The average Bonchev–Trinajstić information content (AvgIpc) is 2.98. The SMILES string of the molecule is C[C@H]1CC2(CCN1C(=O)O)OC1CCCCC1c1ccsc12. The molecule has 1 aliphatic carbocycles. The summed E-state index contributed by atoms with van der Waals surface area (Å²) in [4.78, 5) is 14.3. The van der Waals surface area contributed by atoms with Crippen LogP contribution in [0.25, 0.3) is 0 Å². The molecule has 4 nitrogen and oxygen atoms in total. The van der Waals surface area contributed by atoms with Gasteiger partial charge in [0.05, 0.1) is 6.10 Å². The van der Waals surface area contributed by atoms with Crippen LogP contribution < -0.4 is 0 Å². The maximum absolute atomic E-state index is 11.3. The van der Waals surface area contributed by atoms with Crippen LogP contribution in [0.2, 0.25) is 0 Å². The van der Waals surface area contributed by atoms with Gasteiger partial charge in [-0.25, -0.2) is 4.79 Å². The van der Waals surface area contributed by atoms with Crippen LogP contribution in [0.1, 0.15) is 61.8 Å². The van der Waals surface area contributed by atoms with E-state index in [1.165, 1.54) is 29.7 Å². The molecule has 3 heterocycles. The third-order valence-corrected chi connectivity index (χ3v) is 6.86. The highest BCUT2D eigenvalue weighted by Gasteiger charge is 2.50. The predicted molar refractivity (Wildman–Crippen MR) is 85.5 cm³/mol. The lowest BCUT2D eigenvalue weighted by Crippen LogP contribution is -2.54. The van der Waals surface area contributed by atoms with Crippen LogP contribution in [-0.4, -0.2) is 34.8 Å². The molecule has 1 saturated carbocycles. The van der Waals surface area contributed by atoms with Crippen molar-refractivity contribution in [2.75, 3.05) is 6.54 Å². The molecule has 1 aromatic heterocycles. The number of hydrogen-bond donors (Lipinski definition) is 1. The Morgan fingerprint density at radius 2 is 2.27 bits per heavy atom. The number of piperidine rings is 1. The zero-order chi connectivity index (χ0) is 15.3. The second-order valence-corrected chi connectivity index (χ2v) is 7.94. The van der Waals surface area contributed by atoms with E-state index in [9.17, 15) is 9.90 Å². The molecule has 22 heavy (non-hydrogen) atoms. The van der Waals surface area contributed by atoms with E-state index >= 15 is 0 Å². The molecule has 1 amide bonds. The molecular formula is C17H23NO3S. The van der Waals surface area contributed by atoms with Gasteiger partial charge in [-0.15, -0.1) is 11.3 Å². The van der Waals surface area contributed by atoms with Crippen molar-refractivity contribution in [1.29, 1.82) is 0 Å². The van der Waals surface area contributed by atoms with Gasteiger partial charge in [-0.3, -0.25) is 0 Å². The van der Waals surface area contributed by atoms with Crippen LogP contribution in [0.5, 0.6) is 0 Å². The maximum Gasteiger partial charge on any atom is 0.407 e. The highest BCUT2D eigenvalue weighted by atomic mass is 32.1. The summed E-state index contributed by atoms with van der Waals surface area (Å²) in [6.45, 7) is 2.59. The van der Waals surface area contributed by atoms with Crippen LogP contribution in [0.15, 0.2) is 11.4 Å². The van der Waals surface area contributed by atoms with Crippen LogP contribution in [0.3, 0.4) is 0 Å². The van der Waals surface area contributed by atoms with E-state index in [0.717, 1.165) is 19.3 Å². The number of rotatable bonds is 0. The van der Waals surface area contributed by atoms with Crippen molar-refractivity contribution in [2.24, 2.45) is 0 Å². The molecule has 2 fully saturated rings. The van der Waals surface area contributed by atoms with Gasteiger partial charge in [0, 0.05) is 29.8 Å². The van der Waals surface area contributed by atoms with Crippen LogP contribution in [-0.2, 0) is 10.3 Å². The fraction of sp³-hybridized carbons (Fsp3) is 0.706. The molecule has 0 bridgehead atoms. The van der Waals surface area contributed by atoms with Gasteiger partial charge in [0.2, 0.25) is 0 Å². The number of likely N-dealkylation sites (tertiary alicyclic amines) is 1. The van der Waals surface area contributed by atoms with Crippen molar-refractivity contribution in [3.05, 3.63) is 21.9 Å². The second-order valence-electron chi connectivity index (χ2n) is 7.03. The van der Waals surface area contributed by atoms with Crippen LogP contribution in [0.4, 0.5) is 4.79 Å². The normalized spacial score (nSPS) is 37.7. The molecule has 4 atom stereocenters. The quantitative estimate of drug-likeness (QED) is 0.780. The van der Waals surface area contributed by atoms with E-state index in [0.29, 0.717) is 18.6 Å². The van der Waals surface area contributed by atoms with Crippen molar-refractivity contribution in [3.8, 4) is 0 Å². The monoisotopic (exact) mass is 321 g/mol. The third-order valence-electron chi connectivity index (χ3n) is 5.75. The van der Waals surface area contributed by atoms with Gasteiger partial charge in [0.25, 0.3) is 0 Å². The number of nitrogens with zero attached hydrogens (tertiary/aromatic N) is 1. The molecule has 5 heteroatoms. The Hall–Kier alpha value is -1.07. The molecule has 0 radical (unpaired) electrons. The van der Waals surface area contributed by atoms with E-state index < -0.39 is 6.09 Å². The highest BCUT2D eigenvalue weighted by molar-refractivity contribution is 7.10. The molecule has 1 N–H and O–H groups in total. The zero-order valence-electron chi connectivity index (χ0n) is 13.0. The number of thiophene rings is 1.